The normalized spacial score (nSPS) is 23.8. The molecule has 4 rings (SSSR count). The highest BCUT2D eigenvalue weighted by atomic mass is 32.1. The van der Waals surface area contributed by atoms with Crippen LogP contribution in [0.4, 0.5) is 5.95 Å². The first-order valence-electron chi connectivity index (χ1n) is 7.92. The first-order valence-corrected chi connectivity index (χ1v) is 8.69. The third-order valence-corrected chi connectivity index (χ3v) is 5.53. The van der Waals surface area contributed by atoms with Gasteiger partial charge in [0, 0.05) is 38.8 Å². The molecule has 2 amide bonds. The number of aromatic nitrogens is 4. The molecule has 24 heavy (non-hydrogen) atoms. The first kappa shape index (κ1) is 15.3. The Balaban J connectivity index is 1.55. The minimum atomic E-state index is -0.503. The van der Waals surface area contributed by atoms with Crippen molar-refractivity contribution in [2.75, 3.05) is 12.4 Å². The van der Waals surface area contributed by atoms with Crippen LogP contribution in [0.1, 0.15) is 42.1 Å². The molecule has 0 aromatic carbocycles. The van der Waals surface area contributed by atoms with Crippen LogP contribution in [0.2, 0.25) is 0 Å². The van der Waals surface area contributed by atoms with E-state index in [0.29, 0.717) is 17.7 Å². The molecule has 2 aromatic rings. The summed E-state index contributed by atoms with van der Waals surface area (Å²) >= 11 is 1.34. The molecule has 0 radical (unpaired) electrons. The fourth-order valence-corrected chi connectivity index (χ4v) is 3.88. The Kier molecular flexibility index (Phi) is 3.60. The maximum absolute atomic E-state index is 12.7. The Morgan fingerprint density at radius 3 is 2.83 bits per heavy atom. The van der Waals surface area contributed by atoms with Crippen LogP contribution in [-0.2, 0) is 16.6 Å². The van der Waals surface area contributed by atoms with E-state index in [1.54, 1.807) is 18.1 Å². The Morgan fingerprint density at radius 1 is 1.38 bits per heavy atom. The lowest BCUT2D eigenvalue weighted by Crippen LogP contribution is -2.32. The summed E-state index contributed by atoms with van der Waals surface area (Å²) in [5.41, 5.74) is 0. The molecular weight excluding hydrogens is 328 g/mol. The number of hydrogen-bond donors (Lipinski definition) is 1. The van der Waals surface area contributed by atoms with Crippen molar-refractivity contribution in [3.8, 4) is 0 Å². The average Bonchev–Trinajstić information content (AvgIpc) is 3.05. The Morgan fingerprint density at radius 2 is 2.17 bits per heavy atom. The molecule has 1 N–H and O–H groups in total. The van der Waals surface area contributed by atoms with E-state index in [2.05, 4.69) is 19.7 Å². The van der Waals surface area contributed by atoms with Crippen molar-refractivity contribution < 1.29 is 9.59 Å². The minimum Gasteiger partial charge on any atom is -0.336 e. The van der Waals surface area contributed by atoms with E-state index in [0.717, 1.165) is 17.8 Å². The molecule has 2 fully saturated rings. The molecule has 2 atom stereocenters. The summed E-state index contributed by atoms with van der Waals surface area (Å²) in [7, 11) is 3.57. The van der Waals surface area contributed by atoms with Gasteiger partial charge >= 0.3 is 0 Å². The van der Waals surface area contributed by atoms with Crippen molar-refractivity contribution in [3.63, 3.8) is 0 Å². The van der Waals surface area contributed by atoms with Gasteiger partial charge in [-0.25, -0.2) is 9.97 Å². The number of likely N-dealkylation sites (tertiary alicyclic amines) is 1. The Bertz CT molecular complexity index is 795. The topological polar surface area (TPSA) is 93.0 Å². The monoisotopic (exact) mass is 346 g/mol. The number of carbonyl (C=O) groups excluding carboxylic acids is 2. The zero-order valence-corrected chi connectivity index (χ0v) is 14.3. The SMILES string of the molecule is CN1C(=O)C[C@H](C(=O)Nc2nsc(C3CC3)n2)[C@H]1c1nccn1C. The van der Waals surface area contributed by atoms with Crippen molar-refractivity contribution in [2.45, 2.75) is 31.2 Å². The van der Waals surface area contributed by atoms with E-state index in [-0.39, 0.29) is 24.3 Å². The van der Waals surface area contributed by atoms with Gasteiger partial charge in [0.05, 0.1) is 5.92 Å². The number of hydrogen-bond acceptors (Lipinski definition) is 6. The fourth-order valence-electron chi connectivity index (χ4n) is 3.11. The van der Waals surface area contributed by atoms with Gasteiger partial charge in [-0.3, -0.25) is 14.9 Å². The molecule has 1 saturated carbocycles. The van der Waals surface area contributed by atoms with Gasteiger partial charge in [0.2, 0.25) is 17.8 Å². The lowest BCUT2D eigenvalue weighted by Gasteiger charge is -2.23. The second-order valence-electron chi connectivity index (χ2n) is 6.38. The molecule has 8 nitrogen and oxygen atoms in total. The van der Waals surface area contributed by atoms with Crippen LogP contribution < -0.4 is 5.32 Å². The van der Waals surface area contributed by atoms with Crippen LogP contribution in [0.5, 0.6) is 0 Å². The quantitative estimate of drug-likeness (QED) is 0.901. The number of rotatable bonds is 4. The summed E-state index contributed by atoms with van der Waals surface area (Å²) in [4.78, 5) is 35.1. The lowest BCUT2D eigenvalue weighted by molar-refractivity contribution is -0.128. The zero-order valence-electron chi connectivity index (χ0n) is 13.5. The summed E-state index contributed by atoms with van der Waals surface area (Å²) in [6, 6.07) is -0.376. The molecule has 3 heterocycles. The molecule has 0 bridgehead atoms. The van der Waals surface area contributed by atoms with Gasteiger partial charge in [0.1, 0.15) is 16.9 Å². The van der Waals surface area contributed by atoms with E-state index in [9.17, 15) is 9.59 Å². The van der Waals surface area contributed by atoms with Crippen molar-refractivity contribution >= 4 is 29.3 Å². The molecule has 2 aliphatic rings. The summed E-state index contributed by atoms with van der Waals surface area (Å²) in [5.74, 6) is 0.749. The van der Waals surface area contributed by atoms with Crippen molar-refractivity contribution in [1.82, 2.24) is 23.8 Å². The second-order valence-corrected chi connectivity index (χ2v) is 7.16. The average molecular weight is 346 g/mol. The van der Waals surface area contributed by atoms with Gasteiger partial charge in [-0.15, -0.1) is 0 Å². The van der Waals surface area contributed by atoms with Gasteiger partial charge in [-0.05, 0) is 24.4 Å². The lowest BCUT2D eigenvalue weighted by atomic mass is 9.98. The molecule has 1 saturated heterocycles. The third-order valence-electron chi connectivity index (χ3n) is 4.65. The smallest absolute Gasteiger partial charge is 0.241 e. The van der Waals surface area contributed by atoms with Crippen molar-refractivity contribution in [2.24, 2.45) is 13.0 Å². The molecule has 1 aliphatic heterocycles. The van der Waals surface area contributed by atoms with Gasteiger partial charge in [-0.1, -0.05) is 0 Å². The maximum Gasteiger partial charge on any atom is 0.241 e. The number of anilines is 1. The summed E-state index contributed by atoms with van der Waals surface area (Å²) in [6.07, 6.45) is 5.94. The van der Waals surface area contributed by atoms with Crippen LogP contribution in [0.15, 0.2) is 12.4 Å². The zero-order chi connectivity index (χ0) is 16.8. The van der Waals surface area contributed by atoms with E-state index in [1.807, 2.05) is 17.8 Å². The van der Waals surface area contributed by atoms with Crippen LogP contribution >= 0.6 is 11.5 Å². The van der Waals surface area contributed by atoms with Crippen LogP contribution in [0, 0.1) is 5.92 Å². The molecular formula is C15H18N6O2S. The van der Waals surface area contributed by atoms with Crippen LogP contribution in [-0.4, -0.2) is 42.7 Å². The van der Waals surface area contributed by atoms with Crippen molar-refractivity contribution in [3.05, 3.63) is 23.2 Å². The Hall–Kier alpha value is -2.29. The number of aryl methyl sites for hydroxylation is 1. The predicted octanol–water partition coefficient (Wildman–Crippen LogP) is 1.31. The van der Waals surface area contributed by atoms with Gasteiger partial charge < -0.3 is 9.47 Å². The standard InChI is InChI=1S/C15H18N6O2S/c1-20-6-5-16-12(20)11-9(7-10(22)21(11)2)13(23)17-15-18-14(24-19-15)8-3-4-8/h5-6,8-9,11H,3-4,7H2,1-2H3,(H,17,19,23)/t9-,11-/m0/s1. The van der Waals surface area contributed by atoms with Gasteiger partial charge in [0.25, 0.3) is 0 Å². The van der Waals surface area contributed by atoms with E-state index >= 15 is 0 Å². The highest BCUT2D eigenvalue weighted by molar-refractivity contribution is 7.05. The predicted molar refractivity (Wildman–Crippen MR) is 87.3 cm³/mol. The molecule has 9 heteroatoms. The first-order chi connectivity index (χ1) is 11.5. The molecule has 2 aromatic heterocycles. The highest BCUT2D eigenvalue weighted by Gasteiger charge is 2.44. The highest BCUT2D eigenvalue weighted by Crippen LogP contribution is 2.41. The molecule has 0 spiro atoms. The molecule has 0 unspecified atom stereocenters. The van der Waals surface area contributed by atoms with E-state index < -0.39 is 5.92 Å². The number of nitrogens with zero attached hydrogens (tertiary/aromatic N) is 5. The van der Waals surface area contributed by atoms with Crippen LogP contribution in [0.25, 0.3) is 0 Å². The van der Waals surface area contributed by atoms with Crippen molar-refractivity contribution in [1.29, 1.82) is 0 Å². The largest absolute Gasteiger partial charge is 0.336 e. The summed E-state index contributed by atoms with van der Waals surface area (Å²) < 4.78 is 6.05. The number of nitrogens with one attached hydrogen (secondary N) is 1. The number of amides is 2. The molecule has 126 valence electrons. The summed E-state index contributed by atoms with van der Waals surface area (Å²) in [6.45, 7) is 0. The fraction of sp³-hybridized carbons (Fsp3) is 0.533. The maximum atomic E-state index is 12.7. The van der Waals surface area contributed by atoms with Crippen LogP contribution in [0.3, 0.4) is 0 Å². The second kappa shape index (κ2) is 5.66. The van der Waals surface area contributed by atoms with Gasteiger partial charge in [-0.2, -0.15) is 4.37 Å². The summed E-state index contributed by atoms with van der Waals surface area (Å²) in [5, 5.41) is 3.75. The van der Waals surface area contributed by atoms with E-state index in [4.69, 9.17) is 0 Å². The number of imidazole rings is 1. The minimum absolute atomic E-state index is 0.0620. The van der Waals surface area contributed by atoms with Gasteiger partial charge in [0.15, 0.2) is 0 Å². The Labute approximate surface area is 143 Å². The third kappa shape index (κ3) is 2.58. The number of carbonyl (C=O) groups is 2. The molecule has 1 aliphatic carbocycles. The van der Waals surface area contributed by atoms with E-state index in [1.165, 1.54) is 11.5 Å².